The van der Waals surface area contributed by atoms with Crippen LogP contribution >= 0.6 is 0 Å². The summed E-state index contributed by atoms with van der Waals surface area (Å²) in [6.45, 7) is 1.62. The van der Waals surface area contributed by atoms with Gasteiger partial charge < -0.3 is 10.4 Å². The molecule has 1 aliphatic rings. The first-order valence-corrected chi connectivity index (χ1v) is 8.25. The lowest BCUT2D eigenvalue weighted by Crippen LogP contribution is -2.43. The van der Waals surface area contributed by atoms with Crippen LogP contribution < -0.4 is 5.32 Å². The second kappa shape index (κ2) is 6.64. The maximum atomic E-state index is 12.5. The zero-order valence-electron chi connectivity index (χ0n) is 14.0. The number of nitro groups is 1. The number of nitrogens with zero attached hydrogens (tertiary/aromatic N) is 1. The van der Waals surface area contributed by atoms with Gasteiger partial charge in [-0.15, -0.1) is 0 Å². The van der Waals surface area contributed by atoms with Crippen molar-refractivity contribution >= 4 is 11.6 Å². The number of fused-ring (bicyclic) bond motifs is 1. The van der Waals surface area contributed by atoms with Crippen LogP contribution in [0.5, 0.6) is 0 Å². The van der Waals surface area contributed by atoms with Crippen molar-refractivity contribution in [2.24, 2.45) is 0 Å². The van der Waals surface area contributed by atoms with E-state index in [-0.39, 0.29) is 17.8 Å². The molecule has 2 aromatic rings. The molecule has 25 heavy (non-hydrogen) atoms. The molecular weight excluding hydrogens is 320 g/mol. The summed E-state index contributed by atoms with van der Waals surface area (Å²) in [5, 5.41) is 24.9. The summed E-state index contributed by atoms with van der Waals surface area (Å²) < 4.78 is 0. The first-order valence-electron chi connectivity index (χ1n) is 8.25. The second-order valence-electron chi connectivity index (χ2n) is 6.45. The van der Waals surface area contributed by atoms with E-state index in [1.54, 1.807) is 19.1 Å². The molecule has 2 N–H and O–H groups in total. The van der Waals surface area contributed by atoms with Gasteiger partial charge in [-0.25, -0.2) is 0 Å². The summed E-state index contributed by atoms with van der Waals surface area (Å²) in [5.41, 5.74) is 0.990. The van der Waals surface area contributed by atoms with Crippen LogP contribution in [0.2, 0.25) is 0 Å². The highest BCUT2D eigenvalue weighted by molar-refractivity contribution is 5.98. The molecule has 0 saturated carbocycles. The Kier molecular flexibility index (Phi) is 4.55. The zero-order chi connectivity index (χ0) is 18.0. The smallest absolute Gasteiger partial charge is 0.285 e. The van der Waals surface area contributed by atoms with Crippen molar-refractivity contribution in [2.45, 2.75) is 31.8 Å². The Balaban J connectivity index is 1.82. The van der Waals surface area contributed by atoms with Gasteiger partial charge in [0.2, 0.25) is 0 Å². The molecule has 0 saturated heterocycles. The molecule has 1 aliphatic carbocycles. The monoisotopic (exact) mass is 340 g/mol. The number of aliphatic hydroxyl groups is 1. The summed E-state index contributed by atoms with van der Waals surface area (Å²) in [5.74, 6) is -0.549. The first kappa shape index (κ1) is 17.1. The number of rotatable bonds is 4. The zero-order valence-corrected chi connectivity index (χ0v) is 14.0. The molecule has 0 bridgehead atoms. The maximum Gasteiger partial charge on any atom is 0.285 e. The molecule has 0 aromatic heterocycles. The first-order chi connectivity index (χ1) is 11.9. The van der Waals surface area contributed by atoms with E-state index in [1.807, 2.05) is 24.3 Å². The van der Waals surface area contributed by atoms with E-state index >= 15 is 0 Å². The van der Waals surface area contributed by atoms with Gasteiger partial charge in [-0.05, 0) is 43.4 Å². The van der Waals surface area contributed by atoms with Crippen molar-refractivity contribution in [1.29, 1.82) is 0 Å². The average molecular weight is 340 g/mol. The van der Waals surface area contributed by atoms with E-state index < -0.39 is 16.4 Å². The van der Waals surface area contributed by atoms with Crippen molar-refractivity contribution in [2.75, 3.05) is 6.54 Å². The summed E-state index contributed by atoms with van der Waals surface area (Å²) in [6.07, 6.45) is 2.27. The molecule has 1 amide bonds. The third-order valence-corrected chi connectivity index (χ3v) is 4.76. The number of carbonyl (C=O) groups excluding carboxylic acids is 1. The molecule has 0 radical (unpaired) electrons. The standard InChI is InChI=1S/C19H20N2O4/c1-13-6-4-9-15(17(13)21(24)25)18(22)20-12-19(23)11-5-8-14-7-2-3-10-16(14)19/h2-4,6-7,9-10,23H,5,8,11-12H2,1H3,(H,20,22). The molecule has 2 aromatic carbocycles. The Morgan fingerprint density at radius 2 is 2.04 bits per heavy atom. The number of para-hydroxylation sites is 1. The van der Waals surface area contributed by atoms with Gasteiger partial charge in [-0.1, -0.05) is 36.4 Å². The Hall–Kier alpha value is -2.73. The lowest BCUT2D eigenvalue weighted by molar-refractivity contribution is -0.385. The van der Waals surface area contributed by atoms with Crippen molar-refractivity contribution < 1.29 is 14.8 Å². The largest absolute Gasteiger partial charge is 0.383 e. The van der Waals surface area contributed by atoms with Crippen LogP contribution in [0.3, 0.4) is 0 Å². The van der Waals surface area contributed by atoms with Gasteiger partial charge in [0, 0.05) is 5.56 Å². The molecule has 1 atom stereocenters. The summed E-state index contributed by atoms with van der Waals surface area (Å²) in [7, 11) is 0. The Bertz CT molecular complexity index is 834. The molecule has 6 heteroatoms. The van der Waals surface area contributed by atoms with Crippen LogP contribution in [0.25, 0.3) is 0 Å². The lowest BCUT2D eigenvalue weighted by atomic mass is 9.79. The van der Waals surface area contributed by atoms with Crippen molar-refractivity contribution in [1.82, 2.24) is 5.32 Å². The number of nitrogens with one attached hydrogen (secondary N) is 1. The maximum absolute atomic E-state index is 12.5. The van der Waals surface area contributed by atoms with Gasteiger partial charge in [0.05, 0.1) is 11.5 Å². The minimum Gasteiger partial charge on any atom is -0.383 e. The SMILES string of the molecule is Cc1cccc(C(=O)NCC2(O)CCCc3ccccc32)c1[N+](=O)[O-]. The van der Waals surface area contributed by atoms with E-state index in [1.165, 1.54) is 6.07 Å². The molecular formula is C19H20N2O4. The highest BCUT2D eigenvalue weighted by Crippen LogP contribution is 2.34. The molecule has 0 heterocycles. The number of carbonyl (C=O) groups is 1. The normalized spacial score (nSPS) is 19.1. The van der Waals surface area contributed by atoms with Gasteiger partial charge in [-0.2, -0.15) is 0 Å². The molecule has 6 nitrogen and oxygen atoms in total. The third kappa shape index (κ3) is 3.25. The van der Waals surface area contributed by atoms with Crippen LogP contribution in [0, 0.1) is 17.0 Å². The highest BCUT2D eigenvalue weighted by Gasteiger charge is 2.35. The molecule has 0 aliphatic heterocycles. The molecule has 3 rings (SSSR count). The third-order valence-electron chi connectivity index (χ3n) is 4.76. The summed E-state index contributed by atoms with van der Waals surface area (Å²) in [4.78, 5) is 23.2. The topological polar surface area (TPSA) is 92.5 Å². The number of aryl methyl sites for hydroxylation is 2. The van der Waals surface area contributed by atoms with Crippen LogP contribution in [-0.2, 0) is 12.0 Å². The number of nitro benzene ring substituents is 1. The summed E-state index contributed by atoms with van der Waals surface area (Å²) in [6, 6.07) is 12.3. The molecule has 1 unspecified atom stereocenters. The van der Waals surface area contributed by atoms with Crippen LogP contribution in [0.1, 0.15) is 39.9 Å². The van der Waals surface area contributed by atoms with Gasteiger partial charge in [0.25, 0.3) is 11.6 Å². The van der Waals surface area contributed by atoms with E-state index in [4.69, 9.17) is 0 Å². The predicted molar refractivity (Wildman–Crippen MR) is 93.4 cm³/mol. The number of benzene rings is 2. The summed E-state index contributed by atoms with van der Waals surface area (Å²) >= 11 is 0. The van der Waals surface area contributed by atoms with Crippen molar-refractivity contribution in [3.8, 4) is 0 Å². The van der Waals surface area contributed by atoms with E-state index in [0.29, 0.717) is 12.0 Å². The van der Waals surface area contributed by atoms with Crippen LogP contribution in [-0.4, -0.2) is 22.5 Å². The Labute approximate surface area is 145 Å². The number of amides is 1. The van der Waals surface area contributed by atoms with E-state index in [9.17, 15) is 20.0 Å². The van der Waals surface area contributed by atoms with Crippen molar-refractivity contribution in [3.63, 3.8) is 0 Å². The van der Waals surface area contributed by atoms with E-state index in [2.05, 4.69) is 5.32 Å². The Morgan fingerprint density at radius 3 is 2.80 bits per heavy atom. The second-order valence-corrected chi connectivity index (χ2v) is 6.45. The fourth-order valence-electron chi connectivity index (χ4n) is 3.49. The predicted octanol–water partition coefficient (Wildman–Crippen LogP) is 2.86. The fraction of sp³-hybridized carbons (Fsp3) is 0.316. The van der Waals surface area contributed by atoms with Crippen LogP contribution in [0.4, 0.5) is 5.69 Å². The minimum absolute atomic E-state index is 0.0118. The average Bonchev–Trinajstić information content (AvgIpc) is 2.59. The van der Waals surface area contributed by atoms with Gasteiger partial charge in [0.1, 0.15) is 11.2 Å². The van der Waals surface area contributed by atoms with Gasteiger partial charge >= 0.3 is 0 Å². The lowest BCUT2D eigenvalue weighted by Gasteiger charge is -2.34. The number of hydrogen-bond donors (Lipinski definition) is 2. The van der Waals surface area contributed by atoms with Crippen molar-refractivity contribution in [3.05, 3.63) is 74.8 Å². The molecule has 0 spiro atoms. The quantitative estimate of drug-likeness (QED) is 0.661. The molecule has 130 valence electrons. The highest BCUT2D eigenvalue weighted by atomic mass is 16.6. The molecule has 0 fully saturated rings. The minimum atomic E-state index is -1.15. The van der Waals surface area contributed by atoms with Gasteiger partial charge in [-0.3, -0.25) is 14.9 Å². The fourth-order valence-corrected chi connectivity index (χ4v) is 3.49. The van der Waals surface area contributed by atoms with E-state index in [0.717, 1.165) is 24.0 Å². The Morgan fingerprint density at radius 1 is 1.28 bits per heavy atom. The van der Waals surface area contributed by atoms with Gasteiger partial charge in [0.15, 0.2) is 0 Å². The van der Waals surface area contributed by atoms with Crippen LogP contribution in [0.15, 0.2) is 42.5 Å². The number of hydrogen-bond acceptors (Lipinski definition) is 4.